The van der Waals surface area contributed by atoms with Gasteiger partial charge in [-0.05, 0) is 77.4 Å². The third-order valence-corrected chi connectivity index (χ3v) is 5.59. The fourth-order valence-corrected chi connectivity index (χ4v) is 2.12. The number of hydrogen-bond acceptors (Lipinski definition) is 5. The maximum absolute atomic E-state index is 10.4. The van der Waals surface area contributed by atoms with Crippen molar-refractivity contribution in [3.05, 3.63) is 21.9 Å². The molecule has 25 heavy (non-hydrogen) atoms. The van der Waals surface area contributed by atoms with Gasteiger partial charge in [0, 0.05) is 16.1 Å². The van der Waals surface area contributed by atoms with Crippen LogP contribution in [0.2, 0.25) is 5.15 Å². The van der Waals surface area contributed by atoms with Crippen LogP contribution in [-0.4, -0.2) is 44.7 Å². The van der Waals surface area contributed by atoms with Crippen molar-refractivity contribution in [2.75, 3.05) is 0 Å². The average Bonchev–Trinajstić information content (AvgIpc) is 2.37. The molecule has 0 unspecified atom stereocenters. The van der Waals surface area contributed by atoms with Crippen molar-refractivity contribution in [1.29, 1.82) is 0 Å². The van der Waals surface area contributed by atoms with Crippen molar-refractivity contribution in [1.82, 2.24) is 4.98 Å². The van der Waals surface area contributed by atoms with Crippen molar-refractivity contribution < 1.29 is 19.5 Å². The van der Waals surface area contributed by atoms with E-state index in [-0.39, 0.29) is 5.15 Å². The summed E-state index contributed by atoms with van der Waals surface area (Å²) >= 11 is 9.63. The number of pyridine rings is 1. The van der Waals surface area contributed by atoms with Crippen molar-refractivity contribution in [3.63, 3.8) is 0 Å². The zero-order chi connectivity index (χ0) is 19.8. The molecular weight excluding hydrogens is 408 g/mol. The molecule has 1 rings (SSSR count). The van der Waals surface area contributed by atoms with Gasteiger partial charge in [-0.2, -0.15) is 0 Å². The van der Waals surface area contributed by atoms with Crippen LogP contribution in [0.25, 0.3) is 0 Å². The first-order chi connectivity index (χ1) is 11.0. The van der Waals surface area contributed by atoms with Crippen LogP contribution in [0.5, 0.6) is 0 Å². The maximum Gasteiger partial charge on any atom is 0.498 e. The average molecular weight is 437 g/mol. The topological polar surface area (TPSA) is 71.8 Å². The Labute approximate surface area is 164 Å². The zero-order valence-corrected chi connectivity index (χ0v) is 18.5. The second-order valence-corrected chi connectivity index (χ2v) is 9.51. The van der Waals surface area contributed by atoms with E-state index in [1.54, 1.807) is 67.7 Å². The van der Waals surface area contributed by atoms with Gasteiger partial charge >= 0.3 is 7.12 Å². The molecule has 0 bridgehead atoms. The largest absolute Gasteiger partial charge is 0.498 e. The standard InChI is InChI=1S/C17H28BBrClNO4/c1-14(2,22)16(5,6)24-18(25-17(7,8)15(3,4)23)12-9-11(19)10-21-13(12)20/h9-10,22-23H,1-8H3. The molecule has 0 saturated heterocycles. The van der Waals surface area contributed by atoms with E-state index in [4.69, 9.17) is 20.9 Å². The first-order valence-corrected chi connectivity index (χ1v) is 9.26. The minimum atomic E-state index is -1.14. The maximum atomic E-state index is 10.4. The molecule has 5 nitrogen and oxygen atoms in total. The lowest BCUT2D eigenvalue weighted by Crippen LogP contribution is -2.59. The van der Waals surface area contributed by atoms with E-state index in [9.17, 15) is 10.2 Å². The summed E-state index contributed by atoms with van der Waals surface area (Å²) in [5, 5.41) is 21.1. The first kappa shape index (κ1) is 22.9. The van der Waals surface area contributed by atoms with Gasteiger partial charge in [0.25, 0.3) is 0 Å². The Bertz CT molecular complexity index is 584. The smallest absolute Gasteiger partial charge is 0.399 e. The Morgan fingerprint density at radius 1 is 0.960 bits per heavy atom. The molecule has 1 aromatic heterocycles. The summed E-state index contributed by atoms with van der Waals surface area (Å²) in [7, 11) is -0.944. The van der Waals surface area contributed by atoms with Gasteiger partial charge in [-0.25, -0.2) is 4.98 Å². The van der Waals surface area contributed by atoms with Crippen LogP contribution in [0.1, 0.15) is 55.4 Å². The minimum Gasteiger partial charge on any atom is -0.399 e. The summed E-state index contributed by atoms with van der Waals surface area (Å²) in [6.45, 7) is 13.7. The van der Waals surface area contributed by atoms with Gasteiger partial charge in [-0.1, -0.05) is 11.6 Å². The number of rotatable bonds is 7. The zero-order valence-electron chi connectivity index (χ0n) is 16.1. The number of nitrogens with zero attached hydrogens (tertiary/aromatic N) is 1. The molecule has 0 fully saturated rings. The molecule has 0 saturated carbocycles. The molecule has 0 aromatic carbocycles. The van der Waals surface area contributed by atoms with Gasteiger partial charge in [0.15, 0.2) is 0 Å². The molecule has 0 radical (unpaired) electrons. The van der Waals surface area contributed by atoms with Crippen molar-refractivity contribution in [2.24, 2.45) is 0 Å². The molecule has 0 aliphatic heterocycles. The van der Waals surface area contributed by atoms with Gasteiger partial charge in [0.2, 0.25) is 0 Å². The Kier molecular flexibility index (Phi) is 6.81. The van der Waals surface area contributed by atoms with Crippen LogP contribution >= 0.6 is 27.5 Å². The van der Waals surface area contributed by atoms with Crippen LogP contribution < -0.4 is 5.46 Å². The summed E-state index contributed by atoms with van der Waals surface area (Å²) in [6, 6.07) is 1.75. The number of hydrogen-bond donors (Lipinski definition) is 2. The van der Waals surface area contributed by atoms with E-state index in [0.717, 1.165) is 0 Å². The summed E-state index contributed by atoms with van der Waals surface area (Å²) in [5.41, 5.74) is -3.69. The number of halogens is 2. The molecule has 8 heteroatoms. The van der Waals surface area contributed by atoms with Crippen molar-refractivity contribution in [2.45, 2.75) is 77.8 Å². The fourth-order valence-electron chi connectivity index (χ4n) is 1.58. The Morgan fingerprint density at radius 3 is 1.72 bits per heavy atom. The normalized spacial score (nSPS) is 13.9. The fraction of sp³-hybridized carbons (Fsp3) is 0.706. The SMILES string of the molecule is CC(C)(O)C(C)(C)OB(OC(C)(C)C(C)(C)O)c1cc(Br)cnc1Cl. The summed E-state index contributed by atoms with van der Waals surface area (Å²) in [5.74, 6) is 0. The predicted molar refractivity (Wildman–Crippen MR) is 105 cm³/mol. The summed E-state index contributed by atoms with van der Waals surface area (Å²) < 4.78 is 13.0. The Hall–Kier alpha value is -0.175. The number of aliphatic hydroxyl groups is 2. The lowest BCUT2D eigenvalue weighted by atomic mass is 9.74. The van der Waals surface area contributed by atoms with Gasteiger partial charge in [0.1, 0.15) is 5.15 Å². The van der Waals surface area contributed by atoms with Crippen LogP contribution in [0, 0.1) is 0 Å². The van der Waals surface area contributed by atoms with Gasteiger partial charge in [-0.3, -0.25) is 0 Å². The molecule has 0 atom stereocenters. The van der Waals surface area contributed by atoms with E-state index in [1.165, 1.54) is 0 Å². The predicted octanol–water partition coefficient (Wildman–Crippen LogP) is 3.32. The van der Waals surface area contributed by atoms with Gasteiger partial charge in [-0.15, -0.1) is 0 Å². The Balaban J connectivity index is 3.35. The van der Waals surface area contributed by atoms with Crippen LogP contribution in [-0.2, 0) is 9.31 Å². The third-order valence-electron chi connectivity index (χ3n) is 4.84. The van der Waals surface area contributed by atoms with Crippen LogP contribution in [0.3, 0.4) is 0 Å². The molecule has 142 valence electrons. The highest BCUT2D eigenvalue weighted by molar-refractivity contribution is 9.10. The van der Waals surface area contributed by atoms with Crippen LogP contribution in [0.4, 0.5) is 0 Å². The Morgan fingerprint density at radius 2 is 1.36 bits per heavy atom. The summed E-state index contributed by atoms with van der Waals surface area (Å²) in [4.78, 5) is 4.12. The quantitative estimate of drug-likeness (QED) is 0.507. The molecule has 0 amide bonds. The molecule has 1 heterocycles. The first-order valence-electron chi connectivity index (χ1n) is 8.09. The van der Waals surface area contributed by atoms with E-state index in [1.807, 2.05) is 0 Å². The molecule has 0 aliphatic rings. The third kappa shape index (κ3) is 5.65. The molecule has 0 aliphatic carbocycles. The second kappa shape index (κ2) is 7.45. The molecule has 2 N–H and O–H groups in total. The monoisotopic (exact) mass is 435 g/mol. The molecule has 0 spiro atoms. The molecule has 1 aromatic rings. The van der Waals surface area contributed by atoms with Crippen molar-refractivity contribution >= 4 is 40.1 Å². The molecular formula is C17H28BBrClNO4. The summed E-state index contributed by atoms with van der Waals surface area (Å²) in [6.07, 6.45) is 1.57. The van der Waals surface area contributed by atoms with E-state index < -0.39 is 29.5 Å². The minimum absolute atomic E-state index is 0.228. The van der Waals surface area contributed by atoms with Gasteiger partial charge in [0.05, 0.1) is 22.4 Å². The van der Waals surface area contributed by atoms with Gasteiger partial charge < -0.3 is 19.5 Å². The highest BCUT2D eigenvalue weighted by Gasteiger charge is 2.46. The highest BCUT2D eigenvalue weighted by atomic mass is 79.9. The lowest BCUT2D eigenvalue weighted by Gasteiger charge is -2.43. The van der Waals surface area contributed by atoms with E-state index in [2.05, 4.69) is 20.9 Å². The van der Waals surface area contributed by atoms with Crippen molar-refractivity contribution in [3.8, 4) is 0 Å². The second-order valence-electron chi connectivity index (χ2n) is 8.24. The van der Waals surface area contributed by atoms with E-state index in [0.29, 0.717) is 9.94 Å². The van der Waals surface area contributed by atoms with Crippen LogP contribution in [0.15, 0.2) is 16.7 Å². The number of aromatic nitrogens is 1. The lowest BCUT2D eigenvalue weighted by molar-refractivity contribution is -0.132. The highest BCUT2D eigenvalue weighted by Crippen LogP contribution is 2.31. The van der Waals surface area contributed by atoms with E-state index >= 15 is 0 Å².